The Balaban J connectivity index is 1.54. The average molecular weight is 382 g/mol. The second kappa shape index (κ2) is 8.79. The SMILES string of the molecule is CC#CC(CC(=O)O)c1ccc(OCC2(COc3cccc(F)c3)CC2)cc1. The van der Waals surface area contributed by atoms with Gasteiger partial charge in [0.25, 0.3) is 0 Å². The maximum absolute atomic E-state index is 13.2. The maximum atomic E-state index is 13.2. The van der Waals surface area contributed by atoms with Gasteiger partial charge in [-0.1, -0.05) is 24.1 Å². The van der Waals surface area contributed by atoms with Gasteiger partial charge in [0, 0.05) is 11.5 Å². The fraction of sp³-hybridized carbons (Fsp3) is 0.348. The van der Waals surface area contributed by atoms with Crippen molar-refractivity contribution >= 4 is 5.97 Å². The Bertz CT molecular complexity index is 875. The summed E-state index contributed by atoms with van der Waals surface area (Å²) in [5.41, 5.74) is 0.824. The molecule has 1 N–H and O–H groups in total. The third kappa shape index (κ3) is 5.50. The van der Waals surface area contributed by atoms with Gasteiger partial charge in [-0.3, -0.25) is 4.79 Å². The number of carboxylic acids is 1. The molecule has 0 aromatic heterocycles. The van der Waals surface area contributed by atoms with Gasteiger partial charge < -0.3 is 14.6 Å². The molecule has 0 saturated heterocycles. The van der Waals surface area contributed by atoms with Gasteiger partial charge in [0.05, 0.1) is 25.6 Å². The molecule has 4 nitrogen and oxygen atoms in total. The molecule has 28 heavy (non-hydrogen) atoms. The molecule has 2 aromatic carbocycles. The number of hydrogen-bond donors (Lipinski definition) is 1. The summed E-state index contributed by atoms with van der Waals surface area (Å²) in [6, 6.07) is 13.5. The first-order valence-electron chi connectivity index (χ1n) is 9.25. The van der Waals surface area contributed by atoms with Gasteiger partial charge in [0.15, 0.2) is 0 Å². The van der Waals surface area contributed by atoms with E-state index in [4.69, 9.17) is 14.6 Å². The number of hydrogen-bond acceptors (Lipinski definition) is 3. The van der Waals surface area contributed by atoms with Crippen molar-refractivity contribution < 1.29 is 23.8 Å². The molecule has 0 radical (unpaired) electrons. The molecule has 1 saturated carbocycles. The number of ether oxygens (including phenoxy) is 2. The highest BCUT2D eigenvalue weighted by Gasteiger charge is 2.44. The average Bonchev–Trinajstić information content (AvgIpc) is 3.45. The van der Waals surface area contributed by atoms with E-state index in [1.807, 2.05) is 24.3 Å². The first-order chi connectivity index (χ1) is 13.5. The van der Waals surface area contributed by atoms with Gasteiger partial charge in [-0.05, 0) is 49.6 Å². The Labute approximate surface area is 164 Å². The highest BCUT2D eigenvalue weighted by molar-refractivity contribution is 5.69. The first kappa shape index (κ1) is 19.8. The van der Waals surface area contributed by atoms with Crippen molar-refractivity contribution in [2.75, 3.05) is 13.2 Å². The van der Waals surface area contributed by atoms with Crippen molar-refractivity contribution in [1.29, 1.82) is 0 Å². The van der Waals surface area contributed by atoms with Gasteiger partial charge in [0.2, 0.25) is 0 Å². The number of rotatable bonds is 9. The monoisotopic (exact) mass is 382 g/mol. The Morgan fingerprint density at radius 2 is 1.82 bits per heavy atom. The van der Waals surface area contributed by atoms with E-state index < -0.39 is 5.97 Å². The lowest BCUT2D eigenvalue weighted by Gasteiger charge is -2.18. The quantitative estimate of drug-likeness (QED) is 0.642. The van der Waals surface area contributed by atoms with E-state index in [0.29, 0.717) is 19.0 Å². The Morgan fingerprint density at radius 3 is 2.39 bits per heavy atom. The Morgan fingerprint density at radius 1 is 1.14 bits per heavy atom. The zero-order chi connectivity index (χ0) is 20.0. The summed E-state index contributed by atoms with van der Waals surface area (Å²) in [5, 5.41) is 9.03. The number of benzene rings is 2. The van der Waals surface area contributed by atoms with E-state index in [9.17, 15) is 9.18 Å². The van der Waals surface area contributed by atoms with Crippen LogP contribution in [0.2, 0.25) is 0 Å². The van der Waals surface area contributed by atoms with Crippen LogP contribution < -0.4 is 9.47 Å². The van der Waals surface area contributed by atoms with Crippen molar-refractivity contribution in [1.82, 2.24) is 0 Å². The summed E-state index contributed by atoms with van der Waals surface area (Å²) >= 11 is 0. The molecule has 0 aliphatic heterocycles. The Hall–Kier alpha value is -3.00. The van der Waals surface area contributed by atoms with Crippen LogP contribution in [0, 0.1) is 23.1 Å². The van der Waals surface area contributed by atoms with Crippen molar-refractivity contribution in [3.63, 3.8) is 0 Å². The lowest BCUT2D eigenvalue weighted by molar-refractivity contribution is -0.137. The van der Waals surface area contributed by atoms with Crippen LogP contribution in [0.25, 0.3) is 0 Å². The van der Waals surface area contributed by atoms with Crippen molar-refractivity contribution in [2.45, 2.75) is 32.1 Å². The predicted octanol–water partition coefficient (Wildman–Crippen LogP) is 4.65. The van der Waals surface area contributed by atoms with Crippen LogP contribution in [-0.2, 0) is 4.79 Å². The zero-order valence-electron chi connectivity index (χ0n) is 15.8. The third-order valence-corrected chi connectivity index (χ3v) is 4.82. The molecule has 0 spiro atoms. The van der Waals surface area contributed by atoms with Crippen molar-refractivity contribution in [2.24, 2.45) is 5.41 Å². The second-order valence-corrected chi connectivity index (χ2v) is 7.15. The minimum Gasteiger partial charge on any atom is -0.493 e. The predicted molar refractivity (Wildman–Crippen MR) is 104 cm³/mol. The topological polar surface area (TPSA) is 55.8 Å². The molecule has 1 unspecified atom stereocenters. The summed E-state index contributed by atoms with van der Waals surface area (Å²) < 4.78 is 24.9. The minimum absolute atomic E-state index is 0.0262. The molecule has 2 aromatic rings. The summed E-state index contributed by atoms with van der Waals surface area (Å²) in [5.74, 6) is 5.46. The molecule has 3 rings (SSSR count). The molecular weight excluding hydrogens is 359 g/mol. The summed E-state index contributed by atoms with van der Waals surface area (Å²) in [7, 11) is 0. The standard InChI is InChI=1S/C23H23FO4/c1-2-4-18(13-22(25)26)17-7-9-20(10-8-17)27-15-23(11-12-23)16-28-21-6-3-5-19(24)14-21/h3,5-10,14,18H,11-13,15-16H2,1H3,(H,25,26). The smallest absolute Gasteiger partial charge is 0.304 e. The fourth-order valence-electron chi connectivity index (χ4n) is 2.93. The number of carboxylic acid groups (broad SMARTS) is 1. The number of carbonyl (C=O) groups is 1. The number of aliphatic carboxylic acids is 1. The zero-order valence-corrected chi connectivity index (χ0v) is 15.8. The molecule has 0 amide bonds. The van der Waals surface area contributed by atoms with E-state index >= 15 is 0 Å². The Kier molecular flexibility index (Phi) is 6.20. The summed E-state index contributed by atoms with van der Waals surface area (Å²) in [6.07, 6.45) is 1.99. The lowest BCUT2D eigenvalue weighted by Crippen LogP contribution is -2.21. The molecule has 1 aliphatic carbocycles. The van der Waals surface area contributed by atoms with E-state index in [2.05, 4.69) is 11.8 Å². The van der Waals surface area contributed by atoms with Crippen LogP contribution in [0.3, 0.4) is 0 Å². The minimum atomic E-state index is -0.873. The first-order valence-corrected chi connectivity index (χ1v) is 9.25. The normalized spacial score (nSPS) is 15.1. The van der Waals surface area contributed by atoms with E-state index in [0.717, 1.165) is 24.2 Å². The van der Waals surface area contributed by atoms with E-state index in [1.165, 1.54) is 12.1 Å². The van der Waals surface area contributed by atoms with Gasteiger partial charge >= 0.3 is 5.97 Å². The molecule has 1 atom stereocenters. The van der Waals surface area contributed by atoms with Crippen LogP contribution in [0.4, 0.5) is 4.39 Å². The highest BCUT2D eigenvalue weighted by atomic mass is 19.1. The molecule has 0 bridgehead atoms. The van der Waals surface area contributed by atoms with Crippen molar-refractivity contribution in [3.05, 3.63) is 59.9 Å². The van der Waals surface area contributed by atoms with Crippen LogP contribution in [0.5, 0.6) is 11.5 Å². The van der Waals surface area contributed by atoms with Crippen molar-refractivity contribution in [3.8, 4) is 23.3 Å². The van der Waals surface area contributed by atoms with E-state index in [-0.39, 0.29) is 23.6 Å². The molecule has 1 fully saturated rings. The summed E-state index contributed by atoms with van der Waals surface area (Å²) in [4.78, 5) is 11.0. The maximum Gasteiger partial charge on any atom is 0.304 e. The van der Waals surface area contributed by atoms with Gasteiger partial charge in [-0.15, -0.1) is 5.92 Å². The molecule has 5 heteroatoms. The molecule has 0 heterocycles. The number of halogens is 1. The van der Waals surface area contributed by atoms with Crippen LogP contribution in [0.1, 0.15) is 37.7 Å². The third-order valence-electron chi connectivity index (χ3n) is 4.82. The van der Waals surface area contributed by atoms with Gasteiger partial charge in [0.1, 0.15) is 17.3 Å². The molecular formula is C23H23FO4. The van der Waals surface area contributed by atoms with E-state index in [1.54, 1.807) is 19.1 Å². The van der Waals surface area contributed by atoms with Crippen LogP contribution >= 0.6 is 0 Å². The molecule has 1 aliphatic rings. The lowest BCUT2D eigenvalue weighted by atomic mass is 9.96. The largest absolute Gasteiger partial charge is 0.493 e. The van der Waals surface area contributed by atoms with Gasteiger partial charge in [-0.2, -0.15) is 0 Å². The van der Waals surface area contributed by atoms with Crippen LogP contribution in [0.15, 0.2) is 48.5 Å². The summed E-state index contributed by atoms with van der Waals surface area (Å²) in [6.45, 7) is 2.71. The fourth-order valence-corrected chi connectivity index (χ4v) is 2.93. The van der Waals surface area contributed by atoms with Crippen LogP contribution in [-0.4, -0.2) is 24.3 Å². The molecule has 146 valence electrons. The second-order valence-electron chi connectivity index (χ2n) is 7.15. The highest BCUT2D eigenvalue weighted by Crippen LogP contribution is 2.46. The van der Waals surface area contributed by atoms with Gasteiger partial charge in [-0.25, -0.2) is 4.39 Å².